The number of amides is 1. The van der Waals surface area contributed by atoms with Gasteiger partial charge in [-0.1, -0.05) is 15.9 Å². The molecule has 1 unspecified atom stereocenters. The van der Waals surface area contributed by atoms with Crippen molar-refractivity contribution in [3.05, 3.63) is 28.7 Å². The maximum atomic E-state index is 12.1. The number of rotatable bonds is 5. The van der Waals surface area contributed by atoms with Gasteiger partial charge in [0.05, 0.1) is 10.6 Å². The topological polar surface area (TPSA) is 116 Å². The summed E-state index contributed by atoms with van der Waals surface area (Å²) in [5, 5.41) is 2.19. The molecule has 1 atom stereocenters. The second-order valence-electron chi connectivity index (χ2n) is 3.93. The molecule has 0 aliphatic heterocycles. The number of carbonyl (C=O) groups excluding carboxylic acids is 2. The largest absolute Gasteiger partial charge is 0.372 e. The monoisotopic (exact) mass is 364 g/mol. The quantitative estimate of drug-likeness (QED) is 0.718. The van der Waals surface area contributed by atoms with Gasteiger partial charge in [-0.15, -0.1) is 0 Å². The number of hydrogen-bond donors (Lipinski definition) is 2. The van der Waals surface area contributed by atoms with Crippen LogP contribution < -0.4 is 11.2 Å². The Bertz CT molecular complexity index is 600. The first-order valence-corrected chi connectivity index (χ1v) is 7.87. The molecule has 1 amide bonds. The molecular weight excluding hydrogens is 352 g/mol. The summed E-state index contributed by atoms with van der Waals surface area (Å²) in [5.41, 5.74) is 0. The molecule has 9 heteroatoms. The minimum atomic E-state index is -3.77. The Morgan fingerprint density at radius 1 is 1.35 bits per heavy atom. The summed E-state index contributed by atoms with van der Waals surface area (Å²) in [6, 6.07) is 4.53. The van der Waals surface area contributed by atoms with E-state index in [9.17, 15) is 18.0 Å². The van der Waals surface area contributed by atoms with Crippen LogP contribution in [0, 0.1) is 0 Å². The fourth-order valence-electron chi connectivity index (χ4n) is 1.45. The van der Waals surface area contributed by atoms with E-state index in [0.717, 1.165) is 11.4 Å². The van der Waals surface area contributed by atoms with E-state index in [2.05, 4.69) is 26.1 Å². The third-order valence-electron chi connectivity index (χ3n) is 2.34. The molecule has 0 saturated heterocycles. The molecule has 0 saturated carbocycles. The van der Waals surface area contributed by atoms with E-state index in [-0.39, 0.29) is 4.90 Å². The standard InChI is InChI=1S/C11H13BrN2O5S/c1-7(15)14-10(11(16)19-13)6-20(17,18)9-4-2-8(12)3-5-9/h2-5,10H,6,13H2,1H3,(H,14,15). The zero-order valence-electron chi connectivity index (χ0n) is 10.5. The molecule has 0 aliphatic carbocycles. The highest BCUT2D eigenvalue weighted by Gasteiger charge is 2.28. The molecule has 0 heterocycles. The minimum Gasteiger partial charge on any atom is -0.372 e. The van der Waals surface area contributed by atoms with Crippen LogP contribution in [0.4, 0.5) is 0 Å². The van der Waals surface area contributed by atoms with Gasteiger partial charge >= 0.3 is 5.97 Å². The minimum absolute atomic E-state index is 0.0286. The third kappa shape index (κ3) is 4.58. The summed E-state index contributed by atoms with van der Waals surface area (Å²) in [7, 11) is -3.77. The van der Waals surface area contributed by atoms with Crippen LogP contribution >= 0.6 is 15.9 Å². The van der Waals surface area contributed by atoms with Gasteiger partial charge in [-0.3, -0.25) is 4.79 Å². The van der Waals surface area contributed by atoms with Crippen molar-refractivity contribution in [2.45, 2.75) is 17.9 Å². The van der Waals surface area contributed by atoms with Crippen molar-refractivity contribution in [3.63, 3.8) is 0 Å². The number of nitrogens with two attached hydrogens (primary N) is 1. The van der Waals surface area contributed by atoms with Crippen LogP contribution in [0.3, 0.4) is 0 Å². The molecule has 20 heavy (non-hydrogen) atoms. The summed E-state index contributed by atoms with van der Waals surface area (Å²) < 4.78 is 25.0. The van der Waals surface area contributed by atoms with Crippen molar-refractivity contribution >= 4 is 37.6 Å². The van der Waals surface area contributed by atoms with Gasteiger partial charge in [0.2, 0.25) is 5.91 Å². The molecular formula is C11H13BrN2O5S. The van der Waals surface area contributed by atoms with Crippen LogP contribution in [0.5, 0.6) is 0 Å². The maximum Gasteiger partial charge on any atom is 0.348 e. The van der Waals surface area contributed by atoms with Gasteiger partial charge in [-0.05, 0) is 24.3 Å². The maximum absolute atomic E-state index is 12.1. The lowest BCUT2D eigenvalue weighted by Gasteiger charge is -2.15. The summed E-state index contributed by atoms with van der Waals surface area (Å²) in [6.07, 6.45) is 0. The Hall–Kier alpha value is -1.45. The van der Waals surface area contributed by atoms with Crippen LogP contribution in [0.25, 0.3) is 0 Å². The van der Waals surface area contributed by atoms with Gasteiger partial charge in [0.25, 0.3) is 0 Å². The highest BCUT2D eigenvalue weighted by atomic mass is 79.9. The molecule has 7 nitrogen and oxygen atoms in total. The Morgan fingerprint density at radius 2 is 1.90 bits per heavy atom. The van der Waals surface area contributed by atoms with E-state index in [4.69, 9.17) is 5.90 Å². The summed E-state index contributed by atoms with van der Waals surface area (Å²) >= 11 is 3.19. The van der Waals surface area contributed by atoms with E-state index >= 15 is 0 Å². The van der Waals surface area contributed by atoms with E-state index < -0.39 is 33.5 Å². The predicted octanol–water partition coefficient (Wildman–Crippen LogP) is 0.144. The normalized spacial score (nSPS) is 12.6. The smallest absolute Gasteiger partial charge is 0.348 e. The highest BCUT2D eigenvalue weighted by Crippen LogP contribution is 2.16. The Labute approximate surface area is 124 Å². The number of carbonyl (C=O) groups is 2. The Morgan fingerprint density at radius 3 is 2.35 bits per heavy atom. The molecule has 1 rings (SSSR count). The van der Waals surface area contributed by atoms with E-state index in [1.807, 2.05) is 0 Å². The van der Waals surface area contributed by atoms with E-state index in [1.54, 1.807) is 12.1 Å². The first-order valence-electron chi connectivity index (χ1n) is 5.42. The number of halogens is 1. The molecule has 1 aromatic carbocycles. The van der Waals surface area contributed by atoms with Gasteiger partial charge in [0.15, 0.2) is 9.84 Å². The lowest BCUT2D eigenvalue weighted by atomic mass is 10.3. The molecule has 0 aliphatic rings. The Balaban J connectivity index is 2.99. The van der Waals surface area contributed by atoms with Crippen molar-refractivity contribution in [2.75, 3.05) is 5.75 Å². The SMILES string of the molecule is CC(=O)NC(CS(=O)(=O)c1ccc(Br)cc1)C(=O)ON. The molecule has 0 radical (unpaired) electrons. The first-order chi connectivity index (χ1) is 9.26. The zero-order chi connectivity index (χ0) is 15.3. The fraction of sp³-hybridized carbons (Fsp3) is 0.273. The first kappa shape index (κ1) is 16.6. The summed E-state index contributed by atoms with van der Waals surface area (Å²) in [4.78, 5) is 26.4. The second kappa shape index (κ2) is 6.82. The molecule has 0 bridgehead atoms. The lowest BCUT2D eigenvalue weighted by Crippen LogP contribution is -2.46. The average molecular weight is 365 g/mol. The van der Waals surface area contributed by atoms with Crippen LogP contribution in [-0.2, 0) is 24.3 Å². The summed E-state index contributed by atoms with van der Waals surface area (Å²) in [6.45, 7) is 1.16. The van der Waals surface area contributed by atoms with Gasteiger partial charge in [0, 0.05) is 11.4 Å². The van der Waals surface area contributed by atoms with Gasteiger partial charge in [-0.25, -0.2) is 13.2 Å². The number of sulfone groups is 1. The fourth-order valence-corrected chi connectivity index (χ4v) is 3.12. The van der Waals surface area contributed by atoms with Crippen LogP contribution in [0.1, 0.15) is 6.92 Å². The van der Waals surface area contributed by atoms with Gasteiger partial charge < -0.3 is 10.2 Å². The van der Waals surface area contributed by atoms with Crippen molar-refractivity contribution in [2.24, 2.45) is 5.90 Å². The second-order valence-corrected chi connectivity index (χ2v) is 6.88. The van der Waals surface area contributed by atoms with Gasteiger partial charge in [0.1, 0.15) is 6.04 Å². The third-order valence-corrected chi connectivity index (χ3v) is 4.63. The van der Waals surface area contributed by atoms with Crippen LogP contribution in [-0.4, -0.2) is 32.1 Å². The van der Waals surface area contributed by atoms with Gasteiger partial charge in [-0.2, -0.15) is 5.90 Å². The van der Waals surface area contributed by atoms with E-state index in [0.29, 0.717) is 0 Å². The highest BCUT2D eigenvalue weighted by molar-refractivity contribution is 9.10. The Kier molecular flexibility index (Phi) is 5.66. The number of nitrogens with one attached hydrogen (secondary N) is 1. The van der Waals surface area contributed by atoms with Crippen molar-refractivity contribution in [1.82, 2.24) is 5.32 Å². The van der Waals surface area contributed by atoms with E-state index in [1.165, 1.54) is 12.1 Å². The van der Waals surface area contributed by atoms with Crippen molar-refractivity contribution < 1.29 is 22.8 Å². The molecule has 0 aromatic heterocycles. The molecule has 0 fully saturated rings. The summed E-state index contributed by atoms with van der Waals surface area (Å²) in [5.74, 6) is 2.50. The van der Waals surface area contributed by atoms with Crippen LogP contribution in [0.2, 0.25) is 0 Å². The molecule has 110 valence electrons. The number of benzene rings is 1. The van der Waals surface area contributed by atoms with Crippen LogP contribution in [0.15, 0.2) is 33.6 Å². The van der Waals surface area contributed by atoms with Crippen molar-refractivity contribution in [3.8, 4) is 0 Å². The zero-order valence-corrected chi connectivity index (χ0v) is 12.9. The lowest BCUT2D eigenvalue weighted by molar-refractivity contribution is -0.147. The molecule has 3 N–H and O–H groups in total. The molecule has 0 spiro atoms. The average Bonchev–Trinajstić information content (AvgIpc) is 2.36. The number of hydrogen-bond acceptors (Lipinski definition) is 6. The van der Waals surface area contributed by atoms with Crippen molar-refractivity contribution in [1.29, 1.82) is 0 Å². The molecule has 1 aromatic rings. The predicted molar refractivity (Wildman–Crippen MR) is 74.1 cm³/mol.